The van der Waals surface area contributed by atoms with Crippen LogP contribution in [-0.4, -0.2) is 37.7 Å². The van der Waals surface area contributed by atoms with E-state index in [1.165, 1.54) is 49.0 Å². The number of amides is 1. The molecule has 0 unspecified atom stereocenters. The van der Waals surface area contributed by atoms with Crippen LogP contribution in [0.25, 0.3) is 10.2 Å². The first-order valence-corrected chi connectivity index (χ1v) is 12.2. The fraction of sp³-hybridized carbons (Fsp3) is 0.600. The highest BCUT2D eigenvalue weighted by molar-refractivity contribution is 7.89. The lowest BCUT2D eigenvalue weighted by Crippen LogP contribution is -2.27. The minimum absolute atomic E-state index is 0.0362. The lowest BCUT2D eigenvalue weighted by Gasteiger charge is -2.27. The summed E-state index contributed by atoms with van der Waals surface area (Å²) in [6, 6.07) is 4.87. The zero-order valence-corrected chi connectivity index (χ0v) is 18.4. The van der Waals surface area contributed by atoms with E-state index in [9.17, 15) is 13.2 Å². The van der Waals surface area contributed by atoms with Crippen molar-refractivity contribution in [2.75, 3.05) is 19.4 Å². The van der Waals surface area contributed by atoms with E-state index in [0.29, 0.717) is 10.6 Å². The second kappa shape index (κ2) is 8.88. The number of carbonyl (C=O) groups is 1. The van der Waals surface area contributed by atoms with E-state index in [1.807, 2.05) is 0 Å². The predicted molar refractivity (Wildman–Crippen MR) is 114 cm³/mol. The maximum atomic E-state index is 12.6. The maximum absolute atomic E-state index is 12.6. The van der Waals surface area contributed by atoms with E-state index >= 15 is 0 Å². The number of rotatable bonds is 7. The molecular formula is C20H29N3O3S2. The molecule has 3 rings (SSSR count). The molecule has 0 atom stereocenters. The van der Waals surface area contributed by atoms with Gasteiger partial charge in [-0.1, -0.05) is 37.5 Å². The third-order valence-electron chi connectivity index (χ3n) is 5.55. The molecule has 8 heteroatoms. The van der Waals surface area contributed by atoms with Crippen LogP contribution in [-0.2, 0) is 14.8 Å². The number of nitrogens with one attached hydrogen (secondary N) is 1. The molecule has 0 bridgehead atoms. The van der Waals surface area contributed by atoms with Gasteiger partial charge in [0.05, 0.1) is 15.1 Å². The number of hydrogen-bond acceptors (Lipinski definition) is 5. The molecule has 28 heavy (non-hydrogen) atoms. The lowest BCUT2D eigenvalue weighted by molar-refractivity contribution is -0.121. The quantitative estimate of drug-likeness (QED) is 0.712. The van der Waals surface area contributed by atoms with Crippen molar-refractivity contribution in [2.24, 2.45) is 11.8 Å². The standard InChI is InChI=1S/C20H29N3O3S2/c1-4-5-6-14-7-9-15(10-8-14)19(24)22-20-21-17-12-11-16(13-18(17)27-20)28(25,26)23(2)3/h11-15H,4-10H2,1-3H3,(H,21,22,24). The van der Waals surface area contributed by atoms with Crippen LogP contribution >= 0.6 is 11.3 Å². The van der Waals surface area contributed by atoms with Gasteiger partial charge in [-0.15, -0.1) is 0 Å². The molecule has 0 aliphatic heterocycles. The fourth-order valence-corrected chi connectivity index (χ4v) is 5.65. The van der Waals surface area contributed by atoms with Crippen LogP contribution in [0, 0.1) is 11.8 Å². The molecule has 1 saturated carbocycles. The van der Waals surface area contributed by atoms with Gasteiger partial charge in [0.15, 0.2) is 5.13 Å². The zero-order chi connectivity index (χ0) is 20.3. The molecule has 1 aliphatic carbocycles. The topological polar surface area (TPSA) is 79.4 Å². The molecule has 2 aromatic rings. The molecule has 0 spiro atoms. The number of hydrogen-bond donors (Lipinski definition) is 1. The van der Waals surface area contributed by atoms with Gasteiger partial charge >= 0.3 is 0 Å². The maximum Gasteiger partial charge on any atom is 0.242 e. The van der Waals surface area contributed by atoms with Crippen LogP contribution in [0.2, 0.25) is 0 Å². The SMILES string of the molecule is CCCCC1CCC(C(=O)Nc2nc3ccc(S(=O)(=O)N(C)C)cc3s2)CC1. The molecule has 1 heterocycles. The number of fused-ring (bicyclic) bond motifs is 1. The van der Waals surface area contributed by atoms with E-state index in [2.05, 4.69) is 17.2 Å². The van der Waals surface area contributed by atoms with Crippen LogP contribution in [0.3, 0.4) is 0 Å². The first kappa shape index (κ1) is 21.2. The summed E-state index contributed by atoms with van der Waals surface area (Å²) in [4.78, 5) is 17.3. The number of nitrogens with zero attached hydrogens (tertiary/aromatic N) is 2. The van der Waals surface area contributed by atoms with E-state index in [0.717, 1.165) is 36.3 Å². The van der Waals surface area contributed by atoms with Crippen LogP contribution in [0.5, 0.6) is 0 Å². The van der Waals surface area contributed by atoms with Gasteiger partial charge in [-0.3, -0.25) is 4.79 Å². The van der Waals surface area contributed by atoms with E-state index in [-0.39, 0.29) is 16.7 Å². The minimum Gasteiger partial charge on any atom is -0.302 e. The fourth-order valence-electron chi connectivity index (χ4n) is 3.74. The summed E-state index contributed by atoms with van der Waals surface area (Å²) in [6.45, 7) is 2.22. The molecule has 1 amide bonds. The molecule has 154 valence electrons. The zero-order valence-electron chi connectivity index (χ0n) is 16.8. The van der Waals surface area contributed by atoms with E-state index in [4.69, 9.17) is 0 Å². The molecule has 1 N–H and O–H groups in total. The summed E-state index contributed by atoms with van der Waals surface area (Å²) in [5, 5.41) is 3.48. The van der Waals surface area contributed by atoms with Crippen molar-refractivity contribution in [1.82, 2.24) is 9.29 Å². The van der Waals surface area contributed by atoms with Crippen molar-refractivity contribution in [3.05, 3.63) is 18.2 Å². The Morgan fingerprint density at radius 3 is 2.61 bits per heavy atom. The Morgan fingerprint density at radius 2 is 1.96 bits per heavy atom. The number of carbonyl (C=O) groups excluding carboxylic acids is 1. The molecule has 1 fully saturated rings. The second-order valence-corrected chi connectivity index (χ2v) is 11.0. The van der Waals surface area contributed by atoms with Crippen molar-refractivity contribution in [2.45, 2.75) is 56.8 Å². The molecule has 6 nitrogen and oxygen atoms in total. The number of aromatic nitrogens is 1. The lowest BCUT2D eigenvalue weighted by atomic mass is 9.79. The number of anilines is 1. The third-order valence-corrected chi connectivity index (χ3v) is 8.30. The number of unbranched alkanes of at least 4 members (excludes halogenated alkanes) is 1. The smallest absolute Gasteiger partial charge is 0.242 e. The van der Waals surface area contributed by atoms with Crippen molar-refractivity contribution in [1.29, 1.82) is 0 Å². The average molecular weight is 424 g/mol. The highest BCUT2D eigenvalue weighted by Crippen LogP contribution is 2.34. The molecular weight excluding hydrogens is 394 g/mol. The molecule has 1 aliphatic rings. The minimum atomic E-state index is -3.49. The summed E-state index contributed by atoms with van der Waals surface area (Å²) in [5.74, 6) is 0.854. The van der Waals surface area contributed by atoms with Gasteiger partial charge in [0, 0.05) is 20.0 Å². The second-order valence-electron chi connectivity index (χ2n) is 7.79. The summed E-state index contributed by atoms with van der Waals surface area (Å²) in [7, 11) is -0.469. The van der Waals surface area contributed by atoms with Crippen LogP contribution in [0.4, 0.5) is 5.13 Å². The normalized spacial score (nSPS) is 20.6. The first-order chi connectivity index (χ1) is 13.3. The molecule has 1 aromatic carbocycles. The van der Waals surface area contributed by atoms with Crippen molar-refractivity contribution < 1.29 is 13.2 Å². The summed E-state index contributed by atoms with van der Waals surface area (Å²) >= 11 is 1.32. The monoisotopic (exact) mass is 423 g/mol. The Morgan fingerprint density at radius 1 is 1.25 bits per heavy atom. The van der Waals surface area contributed by atoms with Gasteiger partial charge in [-0.25, -0.2) is 17.7 Å². The van der Waals surface area contributed by atoms with Gasteiger partial charge in [0.2, 0.25) is 15.9 Å². The van der Waals surface area contributed by atoms with Gasteiger partial charge in [0.1, 0.15) is 0 Å². The third kappa shape index (κ3) is 4.72. The van der Waals surface area contributed by atoms with Gasteiger partial charge < -0.3 is 5.32 Å². The van der Waals surface area contributed by atoms with Crippen LogP contribution < -0.4 is 5.32 Å². The van der Waals surface area contributed by atoms with Crippen molar-refractivity contribution in [3.63, 3.8) is 0 Å². The number of sulfonamides is 1. The van der Waals surface area contributed by atoms with Crippen LogP contribution in [0.15, 0.2) is 23.1 Å². The summed E-state index contributed by atoms with van der Waals surface area (Å²) in [5.41, 5.74) is 0.696. The Kier molecular flexibility index (Phi) is 6.73. The predicted octanol–water partition coefficient (Wildman–Crippen LogP) is 4.48. The highest BCUT2D eigenvalue weighted by Gasteiger charge is 2.26. The van der Waals surface area contributed by atoms with Gasteiger partial charge in [-0.2, -0.15) is 0 Å². The molecule has 0 saturated heterocycles. The van der Waals surface area contributed by atoms with E-state index in [1.54, 1.807) is 18.2 Å². The molecule has 1 aromatic heterocycles. The Balaban J connectivity index is 1.65. The highest BCUT2D eigenvalue weighted by atomic mass is 32.2. The number of thiazole rings is 1. The Labute approximate surface area is 171 Å². The Hall–Kier alpha value is -1.51. The largest absolute Gasteiger partial charge is 0.302 e. The summed E-state index contributed by atoms with van der Waals surface area (Å²) in [6.07, 6.45) is 7.93. The molecule has 0 radical (unpaired) electrons. The van der Waals surface area contributed by atoms with Crippen LogP contribution in [0.1, 0.15) is 51.9 Å². The first-order valence-electron chi connectivity index (χ1n) is 9.95. The van der Waals surface area contributed by atoms with Gasteiger partial charge in [-0.05, 0) is 49.8 Å². The Bertz CT molecular complexity index is 929. The van der Waals surface area contributed by atoms with E-state index < -0.39 is 10.0 Å². The van der Waals surface area contributed by atoms with Gasteiger partial charge in [0.25, 0.3) is 0 Å². The van der Waals surface area contributed by atoms with Crippen molar-refractivity contribution in [3.8, 4) is 0 Å². The number of benzene rings is 1. The summed E-state index contributed by atoms with van der Waals surface area (Å²) < 4.78 is 26.5. The average Bonchev–Trinajstić information content (AvgIpc) is 3.07. The van der Waals surface area contributed by atoms with Crippen molar-refractivity contribution >= 4 is 42.6 Å².